The van der Waals surface area contributed by atoms with Gasteiger partial charge in [-0.2, -0.15) is 0 Å². The summed E-state index contributed by atoms with van der Waals surface area (Å²) in [5.74, 6) is 0.392. The molecule has 0 N–H and O–H groups in total. The van der Waals surface area contributed by atoms with Crippen molar-refractivity contribution in [3.8, 4) is 11.1 Å². The lowest BCUT2D eigenvalue weighted by molar-refractivity contribution is 0.828. The number of thiophene rings is 1. The van der Waals surface area contributed by atoms with Gasteiger partial charge in [-0.15, -0.1) is 11.3 Å². The minimum Gasteiger partial charge on any atom is -0.310 e. The third-order valence-electron chi connectivity index (χ3n) is 9.37. The van der Waals surface area contributed by atoms with Crippen LogP contribution in [0.25, 0.3) is 48.1 Å². The molecule has 1 atom stereocenters. The number of para-hydroxylation sites is 1. The summed E-state index contributed by atoms with van der Waals surface area (Å²) in [6, 6.07) is 57.9. The molecule has 0 radical (unpaired) electrons. The highest BCUT2D eigenvalue weighted by atomic mass is 32.1. The van der Waals surface area contributed by atoms with Crippen LogP contribution in [0.2, 0.25) is 0 Å². The van der Waals surface area contributed by atoms with Gasteiger partial charge in [-0.05, 0) is 99.6 Å². The SMILES string of the molecule is C1=CC(c2ccc3ccc(-c4cccc(N(c5ccccc5)c5ccc6sc7ccccc7c6c5)c4)cc3c2)Cc2ccccc21. The molecule has 0 bridgehead atoms. The number of rotatable bonds is 5. The minimum atomic E-state index is 0.392. The van der Waals surface area contributed by atoms with Crippen molar-refractivity contribution >= 4 is 65.4 Å². The molecule has 1 aromatic heterocycles. The second kappa shape index (κ2) is 11.2. The van der Waals surface area contributed by atoms with Crippen LogP contribution in [0.3, 0.4) is 0 Å². The van der Waals surface area contributed by atoms with Crippen LogP contribution in [0.1, 0.15) is 22.6 Å². The molecule has 7 aromatic carbocycles. The Morgan fingerprint density at radius 3 is 2.22 bits per heavy atom. The van der Waals surface area contributed by atoms with E-state index >= 15 is 0 Å². The first-order valence-electron chi connectivity index (χ1n) is 15.9. The van der Waals surface area contributed by atoms with Gasteiger partial charge in [0.15, 0.2) is 0 Å². The molecule has 0 saturated heterocycles. The van der Waals surface area contributed by atoms with E-state index in [2.05, 4.69) is 175 Å². The van der Waals surface area contributed by atoms with E-state index in [1.807, 2.05) is 11.3 Å². The Bertz CT molecular complexity index is 2420. The fourth-order valence-corrected chi connectivity index (χ4v) is 8.10. The summed E-state index contributed by atoms with van der Waals surface area (Å²) in [5, 5.41) is 5.17. The van der Waals surface area contributed by atoms with Crippen LogP contribution < -0.4 is 4.90 Å². The monoisotopic (exact) mass is 605 g/mol. The van der Waals surface area contributed by atoms with Gasteiger partial charge in [-0.25, -0.2) is 0 Å². The molecule has 0 saturated carbocycles. The standard InChI is InChI=1S/C44H31NS/c1-2-12-38(13-3-1)45(40-23-24-44-42(29-40)41-15-6-7-16-43(41)46-44)39-14-8-11-33(28-39)35-21-18-31-19-22-36(27-37(31)26-35)34-20-17-30-9-4-5-10-32(30)25-34/h1-24,26-29,34H,25H2. The molecule has 9 rings (SSSR count). The maximum Gasteiger partial charge on any atom is 0.0468 e. The van der Waals surface area contributed by atoms with Crippen molar-refractivity contribution in [1.82, 2.24) is 0 Å². The van der Waals surface area contributed by atoms with Crippen molar-refractivity contribution in [2.75, 3.05) is 4.90 Å². The van der Waals surface area contributed by atoms with Gasteiger partial charge in [-0.3, -0.25) is 0 Å². The summed E-state index contributed by atoms with van der Waals surface area (Å²) in [5.41, 5.74) is 10.0. The molecule has 46 heavy (non-hydrogen) atoms. The maximum atomic E-state index is 2.39. The van der Waals surface area contributed by atoms with Crippen molar-refractivity contribution in [1.29, 1.82) is 0 Å². The number of benzene rings is 7. The van der Waals surface area contributed by atoms with Crippen LogP contribution in [0.5, 0.6) is 0 Å². The molecule has 1 aliphatic carbocycles. The zero-order valence-electron chi connectivity index (χ0n) is 25.3. The van der Waals surface area contributed by atoms with Crippen LogP contribution in [0, 0.1) is 0 Å². The first-order chi connectivity index (χ1) is 22.8. The largest absolute Gasteiger partial charge is 0.310 e. The Hall–Kier alpha value is -5.44. The number of hydrogen-bond acceptors (Lipinski definition) is 2. The predicted octanol–water partition coefficient (Wildman–Crippen LogP) is 12.7. The number of fused-ring (bicyclic) bond motifs is 5. The van der Waals surface area contributed by atoms with E-state index < -0.39 is 0 Å². The number of nitrogens with zero attached hydrogens (tertiary/aromatic N) is 1. The lowest BCUT2D eigenvalue weighted by Crippen LogP contribution is -2.09. The lowest BCUT2D eigenvalue weighted by atomic mass is 9.84. The molecule has 1 nitrogen and oxygen atoms in total. The highest BCUT2D eigenvalue weighted by Crippen LogP contribution is 2.41. The van der Waals surface area contributed by atoms with E-state index in [0.717, 1.165) is 23.5 Å². The van der Waals surface area contributed by atoms with Crippen molar-refractivity contribution in [2.24, 2.45) is 0 Å². The molecule has 1 heterocycles. The molecular formula is C44H31NS. The van der Waals surface area contributed by atoms with Crippen molar-refractivity contribution in [2.45, 2.75) is 12.3 Å². The first-order valence-corrected chi connectivity index (χ1v) is 16.8. The van der Waals surface area contributed by atoms with E-state index in [0.29, 0.717) is 5.92 Å². The van der Waals surface area contributed by atoms with Gasteiger partial charge in [0.1, 0.15) is 0 Å². The predicted molar refractivity (Wildman–Crippen MR) is 199 cm³/mol. The summed E-state index contributed by atoms with van der Waals surface area (Å²) in [7, 11) is 0. The summed E-state index contributed by atoms with van der Waals surface area (Å²) in [6.45, 7) is 0. The Morgan fingerprint density at radius 1 is 0.500 bits per heavy atom. The highest BCUT2D eigenvalue weighted by Gasteiger charge is 2.17. The Morgan fingerprint density at radius 2 is 1.26 bits per heavy atom. The first kappa shape index (κ1) is 26.9. The zero-order chi connectivity index (χ0) is 30.5. The second-order valence-electron chi connectivity index (χ2n) is 12.2. The van der Waals surface area contributed by atoms with Crippen LogP contribution >= 0.6 is 11.3 Å². The Balaban J connectivity index is 1.11. The topological polar surface area (TPSA) is 3.24 Å². The molecule has 1 unspecified atom stereocenters. The second-order valence-corrected chi connectivity index (χ2v) is 13.3. The molecule has 0 aliphatic heterocycles. The summed E-state index contributed by atoms with van der Waals surface area (Å²) < 4.78 is 2.64. The van der Waals surface area contributed by atoms with E-state index in [4.69, 9.17) is 0 Å². The van der Waals surface area contributed by atoms with Gasteiger partial charge in [0, 0.05) is 43.2 Å². The highest BCUT2D eigenvalue weighted by molar-refractivity contribution is 7.25. The van der Waals surface area contributed by atoms with Crippen molar-refractivity contribution in [3.63, 3.8) is 0 Å². The fourth-order valence-electron chi connectivity index (χ4n) is 7.01. The molecule has 2 heteroatoms. The third-order valence-corrected chi connectivity index (χ3v) is 10.5. The fraction of sp³-hybridized carbons (Fsp3) is 0.0455. The van der Waals surface area contributed by atoms with Crippen LogP contribution in [-0.2, 0) is 6.42 Å². The average molecular weight is 606 g/mol. The zero-order valence-corrected chi connectivity index (χ0v) is 26.1. The molecule has 0 spiro atoms. The summed E-state index contributed by atoms with van der Waals surface area (Å²) in [6.07, 6.45) is 5.69. The molecule has 1 aliphatic rings. The van der Waals surface area contributed by atoms with Gasteiger partial charge in [-0.1, -0.05) is 115 Å². The van der Waals surface area contributed by atoms with E-state index in [1.54, 1.807) is 0 Å². The van der Waals surface area contributed by atoms with E-state index in [9.17, 15) is 0 Å². The van der Waals surface area contributed by atoms with Crippen LogP contribution in [0.15, 0.2) is 164 Å². The van der Waals surface area contributed by atoms with Gasteiger partial charge in [0.25, 0.3) is 0 Å². The van der Waals surface area contributed by atoms with Crippen LogP contribution in [-0.4, -0.2) is 0 Å². The van der Waals surface area contributed by atoms with Crippen LogP contribution in [0.4, 0.5) is 17.1 Å². The van der Waals surface area contributed by atoms with Gasteiger partial charge < -0.3 is 4.90 Å². The molecule has 8 aromatic rings. The Kier molecular flexibility index (Phi) is 6.54. The molecular weight excluding hydrogens is 575 g/mol. The molecule has 0 amide bonds. The van der Waals surface area contributed by atoms with Gasteiger partial charge in [0.2, 0.25) is 0 Å². The smallest absolute Gasteiger partial charge is 0.0468 e. The quantitative estimate of drug-likeness (QED) is 0.189. The van der Waals surface area contributed by atoms with Crippen molar-refractivity contribution in [3.05, 3.63) is 180 Å². The van der Waals surface area contributed by atoms with Gasteiger partial charge >= 0.3 is 0 Å². The maximum absolute atomic E-state index is 2.39. The number of anilines is 3. The molecule has 218 valence electrons. The lowest BCUT2D eigenvalue weighted by Gasteiger charge is -2.26. The average Bonchev–Trinajstić information content (AvgIpc) is 3.50. The number of allylic oxidation sites excluding steroid dienone is 1. The van der Waals surface area contributed by atoms with Gasteiger partial charge in [0.05, 0.1) is 0 Å². The Labute approximate surface area is 273 Å². The summed E-state index contributed by atoms with van der Waals surface area (Å²) in [4.78, 5) is 2.38. The van der Waals surface area contributed by atoms with E-state index in [-0.39, 0.29) is 0 Å². The summed E-state index contributed by atoms with van der Waals surface area (Å²) >= 11 is 1.86. The number of hydrogen-bond donors (Lipinski definition) is 0. The minimum absolute atomic E-state index is 0.392. The van der Waals surface area contributed by atoms with E-state index in [1.165, 1.54) is 58.8 Å². The normalized spacial score (nSPS) is 14.1. The molecule has 0 fully saturated rings. The van der Waals surface area contributed by atoms with Crippen molar-refractivity contribution < 1.29 is 0 Å². The third kappa shape index (κ3) is 4.79.